The van der Waals surface area contributed by atoms with E-state index in [9.17, 15) is 5.11 Å². The van der Waals surface area contributed by atoms with Crippen molar-refractivity contribution in [1.29, 1.82) is 0 Å². The lowest BCUT2D eigenvalue weighted by molar-refractivity contribution is 0.226. The zero-order valence-electron chi connectivity index (χ0n) is 11.7. The van der Waals surface area contributed by atoms with Gasteiger partial charge < -0.3 is 10.0 Å². The Morgan fingerprint density at radius 3 is 2.67 bits per heavy atom. The molecule has 0 saturated heterocycles. The molecule has 2 heteroatoms. The highest BCUT2D eigenvalue weighted by Gasteiger charge is 2.16. The molecule has 1 aliphatic carbocycles. The molecule has 1 aromatic carbocycles. The molecule has 1 N–H and O–H groups in total. The average Bonchev–Trinajstić information content (AvgIpc) is 2.36. The van der Waals surface area contributed by atoms with E-state index in [1.165, 1.54) is 32.1 Å². The van der Waals surface area contributed by atoms with Gasteiger partial charge in [0.1, 0.15) is 5.75 Å². The third-order valence-corrected chi connectivity index (χ3v) is 4.06. The number of hydrogen-bond acceptors (Lipinski definition) is 2. The molecule has 1 aliphatic rings. The first-order valence-electron chi connectivity index (χ1n) is 7.13. The number of nitrogens with zero attached hydrogens (tertiary/aromatic N) is 1. The Morgan fingerprint density at radius 1 is 1.22 bits per heavy atom. The van der Waals surface area contributed by atoms with Crippen molar-refractivity contribution < 1.29 is 5.11 Å². The van der Waals surface area contributed by atoms with E-state index >= 15 is 0 Å². The number of phenols is 1. The number of aryl methyl sites for hydroxylation is 1. The summed E-state index contributed by atoms with van der Waals surface area (Å²) in [5, 5.41) is 10.0. The van der Waals surface area contributed by atoms with E-state index < -0.39 is 0 Å². The summed E-state index contributed by atoms with van der Waals surface area (Å²) in [6.07, 6.45) is 6.97. The lowest BCUT2D eigenvalue weighted by Gasteiger charge is -2.27. The van der Waals surface area contributed by atoms with Gasteiger partial charge in [0.25, 0.3) is 0 Å². The number of aromatic hydroxyl groups is 1. The minimum Gasteiger partial charge on any atom is -0.507 e. The lowest BCUT2D eigenvalue weighted by atomic mass is 9.89. The van der Waals surface area contributed by atoms with E-state index in [-0.39, 0.29) is 0 Å². The third-order valence-electron chi connectivity index (χ3n) is 4.06. The minimum atomic E-state index is 0.466. The van der Waals surface area contributed by atoms with E-state index in [0.29, 0.717) is 5.75 Å². The molecule has 0 spiro atoms. The van der Waals surface area contributed by atoms with Crippen molar-refractivity contribution in [1.82, 2.24) is 4.90 Å². The fourth-order valence-corrected chi connectivity index (χ4v) is 3.01. The smallest absolute Gasteiger partial charge is 0.122 e. The van der Waals surface area contributed by atoms with Crippen LogP contribution in [0.4, 0.5) is 0 Å². The van der Waals surface area contributed by atoms with Crippen molar-refractivity contribution in [3.8, 4) is 5.75 Å². The second kappa shape index (κ2) is 6.24. The Hall–Kier alpha value is -1.02. The van der Waals surface area contributed by atoms with Gasteiger partial charge in [0.05, 0.1) is 0 Å². The molecule has 0 aromatic heterocycles. The SMILES string of the molecule is Cc1cccc(CN(C)CC2CCCCC2)c1O. The van der Waals surface area contributed by atoms with Crippen LogP contribution in [0, 0.1) is 12.8 Å². The minimum absolute atomic E-state index is 0.466. The van der Waals surface area contributed by atoms with Crippen molar-refractivity contribution in [2.24, 2.45) is 5.92 Å². The maximum absolute atomic E-state index is 10.0. The molecule has 2 nitrogen and oxygen atoms in total. The van der Waals surface area contributed by atoms with Crippen LogP contribution in [-0.2, 0) is 6.54 Å². The van der Waals surface area contributed by atoms with Gasteiger partial charge in [-0.1, -0.05) is 37.5 Å². The van der Waals surface area contributed by atoms with Gasteiger partial charge in [-0.05, 0) is 38.3 Å². The van der Waals surface area contributed by atoms with Crippen LogP contribution >= 0.6 is 0 Å². The molecule has 0 aliphatic heterocycles. The summed E-state index contributed by atoms with van der Waals surface area (Å²) in [7, 11) is 2.16. The Labute approximate surface area is 111 Å². The number of rotatable bonds is 4. The third kappa shape index (κ3) is 3.49. The van der Waals surface area contributed by atoms with E-state index in [2.05, 4.69) is 11.9 Å². The molecule has 0 atom stereocenters. The van der Waals surface area contributed by atoms with Gasteiger partial charge in [-0.15, -0.1) is 0 Å². The summed E-state index contributed by atoms with van der Waals surface area (Å²) in [4.78, 5) is 2.35. The Morgan fingerprint density at radius 2 is 1.94 bits per heavy atom. The zero-order valence-corrected chi connectivity index (χ0v) is 11.7. The molecular weight excluding hydrogens is 222 g/mol. The van der Waals surface area contributed by atoms with Crippen LogP contribution < -0.4 is 0 Å². The maximum atomic E-state index is 10.0. The normalized spacial score (nSPS) is 17.3. The topological polar surface area (TPSA) is 23.5 Å². The lowest BCUT2D eigenvalue weighted by Crippen LogP contribution is -2.26. The maximum Gasteiger partial charge on any atom is 0.122 e. The highest BCUT2D eigenvalue weighted by molar-refractivity contribution is 5.39. The van der Waals surface area contributed by atoms with Crippen molar-refractivity contribution in [2.75, 3.05) is 13.6 Å². The van der Waals surface area contributed by atoms with Crippen LogP contribution in [0.3, 0.4) is 0 Å². The second-order valence-electron chi connectivity index (χ2n) is 5.78. The Balaban J connectivity index is 1.90. The molecule has 0 bridgehead atoms. The van der Waals surface area contributed by atoms with E-state index in [4.69, 9.17) is 0 Å². The van der Waals surface area contributed by atoms with Gasteiger partial charge in [-0.25, -0.2) is 0 Å². The van der Waals surface area contributed by atoms with E-state index in [1.807, 2.05) is 25.1 Å². The van der Waals surface area contributed by atoms with Crippen molar-refractivity contribution >= 4 is 0 Å². The van der Waals surface area contributed by atoms with Crippen LogP contribution in [0.1, 0.15) is 43.2 Å². The van der Waals surface area contributed by atoms with Crippen LogP contribution in [-0.4, -0.2) is 23.6 Å². The molecule has 0 unspecified atom stereocenters. The molecule has 18 heavy (non-hydrogen) atoms. The summed E-state index contributed by atoms with van der Waals surface area (Å²) < 4.78 is 0. The van der Waals surface area contributed by atoms with E-state index in [1.54, 1.807) is 0 Å². The first kappa shape index (κ1) is 13.4. The average molecular weight is 247 g/mol. The standard InChI is InChI=1S/C16H25NO/c1-13-7-6-10-15(16(13)18)12-17(2)11-14-8-4-3-5-9-14/h6-7,10,14,18H,3-5,8-9,11-12H2,1-2H3. The summed E-state index contributed by atoms with van der Waals surface area (Å²) in [6.45, 7) is 3.97. The summed E-state index contributed by atoms with van der Waals surface area (Å²) in [6, 6.07) is 6.01. The monoisotopic (exact) mass is 247 g/mol. The first-order valence-corrected chi connectivity index (χ1v) is 7.13. The van der Waals surface area contributed by atoms with E-state index in [0.717, 1.165) is 30.1 Å². The molecule has 1 saturated carbocycles. The van der Waals surface area contributed by atoms with Crippen molar-refractivity contribution in [3.63, 3.8) is 0 Å². The number of para-hydroxylation sites is 1. The van der Waals surface area contributed by atoms with Gasteiger partial charge >= 0.3 is 0 Å². The zero-order chi connectivity index (χ0) is 13.0. The van der Waals surface area contributed by atoms with Crippen LogP contribution in [0.25, 0.3) is 0 Å². The molecule has 0 radical (unpaired) electrons. The number of hydrogen-bond donors (Lipinski definition) is 1. The Bertz CT molecular complexity index is 383. The fourth-order valence-electron chi connectivity index (χ4n) is 3.01. The summed E-state index contributed by atoms with van der Waals surface area (Å²) >= 11 is 0. The molecule has 1 aromatic rings. The summed E-state index contributed by atoms with van der Waals surface area (Å²) in [5.41, 5.74) is 2.02. The van der Waals surface area contributed by atoms with Gasteiger partial charge in [0, 0.05) is 18.7 Å². The molecule has 0 amide bonds. The molecular formula is C16H25NO. The van der Waals surface area contributed by atoms with Gasteiger partial charge in [-0.2, -0.15) is 0 Å². The highest BCUT2D eigenvalue weighted by Crippen LogP contribution is 2.26. The van der Waals surface area contributed by atoms with Gasteiger partial charge in [-0.3, -0.25) is 0 Å². The van der Waals surface area contributed by atoms with Crippen LogP contribution in [0.2, 0.25) is 0 Å². The van der Waals surface area contributed by atoms with Crippen LogP contribution in [0.5, 0.6) is 5.75 Å². The molecule has 0 heterocycles. The van der Waals surface area contributed by atoms with Crippen molar-refractivity contribution in [2.45, 2.75) is 45.6 Å². The molecule has 2 rings (SSSR count). The van der Waals surface area contributed by atoms with Gasteiger partial charge in [0.2, 0.25) is 0 Å². The number of benzene rings is 1. The molecule has 1 fully saturated rings. The van der Waals surface area contributed by atoms with Crippen molar-refractivity contribution in [3.05, 3.63) is 29.3 Å². The number of phenolic OH excluding ortho intramolecular Hbond substituents is 1. The largest absolute Gasteiger partial charge is 0.507 e. The molecule has 100 valence electrons. The highest BCUT2D eigenvalue weighted by atomic mass is 16.3. The fraction of sp³-hybridized carbons (Fsp3) is 0.625. The van der Waals surface area contributed by atoms with Crippen LogP contribution in [0.15, 0.2) is 18.2 Å². The summed E-state index contributed by atoms with van der Waals surface area (Å²) in [5.74, 6) is 1.32. The predicted octanol–water partition coefficient (Wildman–Crippen LogP) is 3.71. The quantitative estimate of drug-likeness (QED) is 0.876. The predicted molar refractivity (Wildman–Crippen MR) is 75.8 cm³/mol. The van der Waals surface area contributed by atoms with Gasteiger partial charge in [0.15, 0.2) is 0 Å². The first-order chi connectivity index (χ1) is 8.66. The second-order valence-corrected chi connectivity index (χ2v) is 5.78. The Kier molecular flexibility index (Phi) is 4.65.